The van der Waals surface area contributed by atoms with Crippen LogP contribution in [0, 0.1) is 12.7 Å². The first kappa shape index (κ1) is 15.1. The molecule has 1 aromatic heterocycles. The largest absolute Gasteiger partial charge is 0.373 e. The van der Waals surface area contributed by atoms with Gasteiger partial charge in [-0.25, -0.2) is 9.37 Å². The molecule has 22 heavy (non-hydrogen) atoms. The van der Waals surface area contributed by atoms with Crippen LogP contribution in [0.3, 0.4) is 0 Å². The molecule has 1 saturated heterocycles. The van der Waals surface area contributed by atoms with E-state index in [-0.39, 0.29) is 11.9 Å². The summed E-state index contributed by atoms with van der Waals surface area (Å²) >= 11 is 0. The van der Waals surface area contributed by atoms with Crippen LogP contribution >= 0.6 is 0 Å². The number of benzene rings is 1. The molecule has 2 heterocycles. The van der Waals surface area contributed by atoms with Crippen LogP contribution in [0.2, 0.25) is 0 Å². The number of hydrogen-bond acceptors (Lipinski definition) is 4. The molecule has 0 amide bonds. The molecule has 1 N–H and O–H groups in total. The minimum atomic E-state index is -0.215. The van der Waals surface area contributed by atoms with E-state index in [1.807, 2.05) is 6.92 Å². The van der Waals surface area contributed by atoms with E-state index in [9.17, 15) is 4.39 Å². The Kier molecular flexibility index (Phi) is 4.49. The van der Waals surface area contributed by atoms with E-state index < -0.39 is 0 Å². The van der Waals surface area contributed by atoms with Crippen molar-refractivity contribution in [1.82, 2.24) is 20.1 Å². The van der Waals surface area contributed by atoms with Gasteiger partial charge in [0, 0.05) is 12.6 Å². The second-order valence-electron chi connectivity index (χ2n) is 5.84. The summed E-state index contributed by atoms with van der Waals surface area (Å²) in [4.78, 5) is 6.62. The summed E-state index contributed by atoms with van der Waals surface area (Å²) in [6.07, 6.45) is 1.90. The maximum atomic E-state index is 13.0. The van der Waals surface area contributed by atoms with Gasteiger partial charge in [0.1, 0.15) is 11.6 Å². The number of H-pyrrole nitrogens is 1. The predicted molar refractivity (Wildman–Crippen MR) is 80.7 cm³/mol. The maximum Gasteiger partial charge on any atom is 0.164 e. The summed E-state index contributed by atoms with van der Waals surface area (Å²) in [5.74, 6) is 1.43. The fourth-order valence-electron chi connectivity index (χ4n) is 2.90. The van der Waals surface area contributed by atoms with E-state index in [4.69, 9.17) is 4.74 Å². The number of ether oxygens (including phenoxy) is 1. The Morgan fingerprint density at radius 2 is 2.14 bits per heavy atom. The number of aryl methyl sites for hydroxylation is 1. The zero-order valence-corrected chi connectivity index (χ0v) is 12.9. The van der Waals surface area contributed by atoms with Crippen LogP contribution in [0.15, 0.2) is 24.3 Å². The third-order valence-corrected chi connectivity index (χ3v) is 4.16. The molecule has 5 nitrogen and oxygen atoms in total. The number of halogens is 1. The minimum Gasteiger partial charge on any atom is -0.373 e. The molecular formula is C16H21FN4O. The summed E-state index contributed by atoms with van der Waals surface area (Å²) in [6.45, 7) is 3.32. The molecule has 1 aliphatic heterocycles. The molecule has 1 aliphatic rings. The van der Waals surface area contributed by atoms with Gasteiger partial charge in [0.2, 0.25) is 0 Å². The van der Waals surface area contributed by atoms with E-state index in [0.717, 1.165) is 30.1 Å². The average molecular weight is 304 g/mol. The quantitative estimate of drug-likeness (QED) is 0.943. The number of hydrogen-bond donors (Lipinski definition) is 1. The lowest BCUT2D eigenvalue weighted by molar-refractivity contribution is -0.0253. The van der Waals surface area contributed by atoms with Gasteiger partial charge < -0.3 is 4.74 Å². The van der Waals surface area contributed by atoms with Crippen LogP contribution in [0.25, 0.3) is 0 Å². The van der Waals surface area contributed by atoms with Gasteiger partial charge in [0.05, 0.1) is 12.6 Å². The van der Waals surface area contributed by atoms with Gasteiger partial charge in [0.25, 0.3) is 0 Å². The molecule has 1 fully saturated rings. The molecule has 0 aliphatic carbocycles. The number of nitrogens with one attached hydrogen (secondary N) is 1. The van der Waals surface area contributed by atoms with Crippen LogP contribution in [0.5, 0.6) is 0 Å². The van der Waals surface area contributed by atoms with Gasteiger partial charge in [-0.05, 0) is 44.5 Å². The van der Waals surface area contributed by atoms with Gasteiger partial charge in [-0.3, -0.25) is 10.00 Å². The minimum absolute atomic E-state index is 0.0238. The smallest absolute Gasteiger partial charge is 0.164 e. The maximum absolute atomic E-state index is 13.0. The molecule has 6 heteroatoms. The Hall–Kier alpha value is -1.79. The van der Waals surface area contributed by atoms with Crippen molar-refractivity contribution in [3.63, 3.8) is 0 Å². The lowest BCUT2D eigenvalue weighted by Gasteiger charge is -2.35. The fraction of sp³-hybridized carbons (Fsp3) is 0.500. The van der Waals surface area contributed by atoms with Crippen molar-refractivity contribution < 1.29 is 9.13 Å². The molecule has 0 radical (unpaired) electrons. The van der Waals surface area contributed by atoms with Gasteiger partial charge in [0.15, 0.2) is 5.82 Å². The SMILES string of the molecule is Cc1nc(CN(C)C2CCOC(c3ccc(F)cc3)C2)n[nH]1. The summed E-state index contributed by atoms with van der Waals surface area (Å²) < 4.78 is 18.9. The third-order valence-electron chi connectivity index (χ3n) is 4.16. The summed E-state index contributed by atoms with van der Waals surface area (Å²) in [5, 5.41) is 7.06. The van der Waals surface area contributed by atoms with Crippen molar-refractivity contribution in [2.75, 3.05) is 13.7 Å². The van der Waals surface area contributed by atoms with Crippen molar-refractivity contribution in [2.45, 2.75) is 38.5 Å². The lowest BCUT2D eigenvalue weighted by Crippen LogP contribution is -2.37. The Labute approximate surface area is 129 Å². The van der Waals surface area contributed by atoms with Crippen LogP contribution in [0.1, 0.15) is 36.2 Å². The van der Waals surface area contributed by atoms with Crippen LogP contribution in [-0.4, -0.2) is 39.8 Å². The lowest BCUT2D eigenvalue weighted by atomic mass is 9.96. The highest BCUT2D eigenvalue weighted by molar-refractivity contribution is 5.19. The van der Waals surface area contributed by atoms with E-state index in [0.29, 0.717) is 19.2 Å². The van der Waals surface area contributed by atoms with Crippen molar-refractivity contribution in [3.05, 3.63) is 47.3 Å². The molecule has 118 valence electrons. The first-order chi connectivity index (χ1) is 10.6. The molecule has 1 aromatic carbocycles. The standard InChI is InChI=1S/C16H21FN4O/c1-11-18-16(20-19-11)10-21(2)14-7-8-22-15(9-14)12-3-5-13(17)6-4-12/h3-6,14-15H,7-10H2,1-2H3,(H,18,19,20). The molecule has 3 rings (SSSR count). The first-order valence-corrected chi connectivity index (χ1v) is 7.57. The van der Waals surface area contributed by atoms with Crippen molar-refractivity contribution >= 4 is 0 Å². The molecule has 0 bridgehead atoms. The van der Waals surface area contributed by atoms with Gasteiger partial charge in [-0.15, -0.1) is 0 Å². The van der Waals surface area contributed by atoms with Gasteiger partial charge in [-0.1, -0.05) is 12.1 Å². The number of rotatable bonds is 4. The molecule has 0 saturated carbocycles. The normalized spacial score (nSPS) is 22.2. The average Bonchev–Trinajstić information content (AvgIpc) is 2.93. The van der Waals surface area contributed by atoms with Crippen molar-refractivity contribution in [2.24, 2.45) is 0 Å². The number of aromatic nitrogens is 3. The van der Waals surface area contributed by atoms with Crippen molar-refractivity contribution in [3.8, 4) is 0 Å². The van der Waals surface area contributed by atoms with Crippen LogP contribution in [-0.2, 0) is 11.3 Å². The summed E-state index contributed by atoms with van der Waals surface area (Å²) in [5.41, 5.74) is 1.04. The molecular weight excluding hydrogens is 283 g/mol. The van der Waals surface area contributed by atoms with E-state index in [2.05, 4.69) is 27.1 Å². The topological polar surface area (TPSA) is 54.0 Å². The third kappa shape index (κ3) is 3.51. The first-order valence-electron chi connectivity index (χ1n) is 7.57. The number of aromatic amines is 1. The van der Waals surface area contributed by atoms with Crippen molar-refractivity contribution in [1.29, 1.82) is 0 Å². The zero-order valence-electron chi connectivity index (χ0n) is 12.9. The van der Waals surface area contributed by atoms with Gasteiger partial charge >= 0.3 is 0 Å². The van der Waals surface area contributed by atoms with E-state index in [1.54, 1.807) is 12.1 Å². The van der Waals surface area contributed by atoms with Crippen LogP contribution < -0.4 is 0 Å². The van der Waals surface area contributed by atoms with E-state index in [1.165, 1.54) is 12.1 Å². The molecule has 0 spiro atoms. The Bertz CT molecular complexity index is 613. The van der Waals surface area contributed by atoms with E-state index >= 15 is 0 Å². The summed E-state index contributed by atoms with van der Waals surface area (Å²) in [7, 11) is 2.09. The zero-order chi connectivity index (χ0) is 15.5. The highest BCUT2D eigenvalue weighted by Gasteiger charge is 2.27. The Balaban J connectivity index is 1.63. The predicted octanol–water partition coefficient (Wildman–Crippen LogP) is 2.60. The Morgan fingerprint density at radius 3 is 2.82 bits per heavy atom. The summed E-state index contributed by atoms with van der Waals surface area (Å²) in [6, 6.07) is 7.00. The molecule has 2 aromatic rings. The second-order valence-corrected chi connectivity index (χ2v) is 5.84. The highest BCUT2D eigenvalue weighted by Crippen LogP contribution is 2.30. The van der Waals surface area contributed by atoms with Crippen LogP contribution in [0.4, 0.5) is 4.39 Å². The van der Waals surface area contributed by atoms with Gasteiger partial charge in [-0.2, -0.15) is 5.10 Å². The number of nitrogens with zero attached hydrogens (tertiary/aromatic N) is 3. The Morgan fingerprint density at radius 1 is 1.36 bits per heavy atom. The fourth-order valence-corrected chi connectivity index (χ4v) is 2.90. The second kappa shape index (κ2) is 6.54. The highest BCUT2D eigenvalue weighted by atomic mass is 19.1. The monoisotopic (exact) mass is 304 g/mol. The molecule has 2 unspecified atom stereocenters. The molecule has 2 atom stereocenters.